The Morgan fingerprint density at radius 2 is 1.92 bits per heavy atom. The molecule has 24 heavy (non-hydrogen) atoms. The highest BCUT2D eigenvalue weighted by molar-refractivity contribution is 5.63. The van der Waals surface area contributed by atoms with Crippen LogP contribution in [0.1, 0.15) is 17.8 Å². The van der Waals surface area contributed by atoms with Crippen molar-refractivity contribution in [1.29, 1.82) is 0 Å². The second kappa shape index (κ2) is 6.97. The maximum absolute atomic E-state index is 4.15. The molecule has 122 valence electrons. The highest BCUT2D eigenvalue weighted by Gasteiger charge is 2.18. The molecule has 0 saturated carbocycles. The average Bonchev–Trinajstić information content (AvgIpc) is 3.11. The molecule has 4 heteroatoms. The molecule has 1 aromatic heterocycles. The van der Waals surface area contributed by atoms with Crippen LogP contribution in [0.3, 0.4) is 0 Å². The first kappa shape index (κ1) is 15.1. The predicted molar refractivity (Wildman–Crippen MR) is 95.4 cm³/mol. The van der Waals surface area contributed by atoms with E-state index in [0.717, 1.165) is 31.9 Å². The Kier molecular flexibility index (Phi) is 4.38. The second-order valence-electron chi connectivity index (χ2n) is 6.50. The number of nitrogens with zero attached hydrogens (tertiary/aromatic N) is 3. The van der Waals surface area contributed by atoms with Crippen LogP contribution < -0.4 is 5.32 Å². The second-order valence-corrected chi connectivity index (χ2v) is 6.50. The van der Waals surface area contributed by atoms with Crippen molar-refractivity contribution in [3.8, 4) is 11.1 Å². The number of hydrogen-bond donors (Lipinski definition) is 1. The molecule has 0 amide bonds. The zero-order chi connectivity index (χ0) is 16.2. The summed E-state index contributed by atoms with van der Waals surface area (Å²) in [6, 6.07) is 19.3. The SMILES string of the molecule is c1ccc(-c2cccc(CNC[C@H]3CCc4nncn4C3)c2)cc1. The van der Waals surface area contributed by atoms with Gasteiger partial charge in [-0.3, -0.25) is 0 Å². The molecule has 0 aliphatic carbocycles. The summed E-state index contributed by atoms with van der Waals surface area (Å²) in [6.07, 6.45) is 4.08. The topological polar surface area (TPSA) is 42.7 Å². The Morgan fingerprint density at radius 3 is 2.83 bits per heavy atom. The van der Waals surface area contributed by atoms with Gasteiger partial charge in [0.1, 0.15) is 12.2 Å². The molecule has 0 spiro atoms. The lowest BCUT2D eigenvalue weighted by molar-refractivity contribution is 0.347. The van der Waals surface area contributed by atoms with Crippen LogP contribution in [0.2, 0.25) is 0 Å². The molecule has 1 aliphatic rings. The number of hydrogen-bond acceptors (Lipinski definition) is 3. The number of aryl methyl sites for hydroxylation is 1. The number of benzene rings is 2. The number of nitrogens with one attached hydrogen (secondary N) is 1. The highest BCUT2D eigenvalue weighted by atomic mass is 15.3. The van der Waals surface area contributed by atoms with E-state index in [1.807, 2.05) is 6.33 Å². The fourth-order valence-corrected chi connectivity index (χ4v) is 3.41. The minimum atomic E-state index is 0.658. The van der Waals surface area contributed by atoms with Gasteiger partial charge in [-0.25, -0.2) is 0 Å². The van der Waals surface area contributed by atoms with Gasteiger partial charge in [-0.05, 0) is 41.6 Å². The summed E-state index contributed by atoms with van der Waals surface area (Å²) in [6.45, 7) is 2.97. The first-order valence-electron chi connectivity index (χ1n) is 8.60. The van der Waals surface area contributed by atoms with Crippen LogP contribution in [0.15, 0.2) is 60.9 Å². The minimum absolute atomic E-state index is 0.658. The first-order chi connectivity index (χ1) is 11.9. The molecule has 1 aliphatic heterocycles. The number of rotatable bonds is 5. The van der Waals surface area contributed by atoms with Crippen molar-refractivity contribution < 1.29 is 0 Å². The van der Waals surface area contributed by atoms with Crippen LogP contribution in [-0.4, -0.2) is 21.3 Å². The predicted octanol–water partition coefficient (Wildman–Crippen LogP) is 3.30. The number of fused-ring (bicyclic) bond motifs is 1. The molecule has 2 heterocycles. The molecule has 4 nitrogen and oxygen atoms in total. The van der Waals surface area contributed by atoms with Crippen LogP contribution in [0, 0.1) is 5.92 Å². The average molecular weight is 318 g/mol. The Labute approximate surface area is 142 Å². The Bertz CT molecular complexity index is 794. The van der Waals surface area contributed by atoms with E-state index in [9.17, 15) is 0 Å². The van der Waals surface area contributed by atoms with Crippen LogP contribution in [0.25, 0.3) is 11.1 Å². The molecule has 0 unspecified atom stereocenters. The summed E-state index contributed by atoms with van der Waals surface area (Å²) in [4.78, 5) is 0. The van der Waals surface area contributed by atoms with Crippen LogP contribution in [0.4, 0.5) is 0 Å². The molecule has 3 aromatic rings. The Balaban J connectivity index is 1.34. The van der Waals surface area contributed by atoms with Gasteiger partial charge in [-0.15, -0.1) is 10.2 Å². The van der Waals surface area contributed by atoms with Gasteiger partial charge in [0.2, 0.25) is 0 Å². The van der Waals surface area contributed by atoms with E-state index < -0.39 is 0 Å². The van der Waals surface area contributed by atoms with Crippen molar-refractivity contribution >= 4 is 0 Å². The van der Waals surface area contributed by atoms with Gasteiger partial charge in [-0.2, -0.15) is 0 Å². The summed E-state index contributed by atoms with van der Waals surface area (Å²) in [5.41, 5.74) is 3.88. The minimum Gasteiger partial charge on any atom is -0.317 e. The van der Waals surface area contributed by atoms with Crippen molar-refractivity contribution in [3.05, 3.63) is 72.3 Å². The first-order valence-corrected chi connectivity index (χ1v) is 8.60. The lowest BCUT2D eigenvalue weighted by Gasteiger charge is -2.23. The van der Waals surface area contributed by atoms with Gasteiger partial charge in [0, 0.05) is 19.5 Å². The molecule has 1 atom stereocenters. The molecule has 4 rings (SSSR count). The third-order valence-electron chi connectivity index (χ3n) is 4.72. The fourth-order valence-electron chi connectivity index (χ4n) is 3.41. The smallest absolute Gasteiger partial charge is 0.132 e. The maximum atomic E-state index is 4.15. The fraction of sp³-hybridized carbons (Fsp3) is 0.300. The largest absolute Gasteiger partial charge is 0.317 e. The van der Waals surface area contributed by atoms with E-state index in [0.29, 0.717) is 5.92 Å². The Hall–Kier alpha value is -2.46. The number of aromatic nitrogens is 3. The van der Waals surface area contributed by atoms with Crippen molar-refractivity contribution in [3.63, 3.8) is 0 Å². The monoisotopic (exact) mass is 318 g/mol. The van der Waals surface area contributed by atoms with Gasteiger partial charge < -0.3 is 9.88 Å². The third-order valence-corrected chi connectivity index (χ3v) is 4.72. The summed E-state index contributed by atoms with van der Waals surface area (Å²) in [7, 11) is 0. The maximum Gasteiger partial charge on any atom is 0.132 e. The molecule has 0 bridgehead atoms. The zero-order valence-electron chi connectivity index (χ0n) is 13.7. The van der Waals surface area contributed by atoms with Crippen molar-refractivity contribution in [2.75, 3.05) is 6.54 Å². The van der Waals surface area contributed by atoms with E-state index in [2.05, 4.69) is 74.7 Å². The van der Waals surface area contributed by atoms with Gasteiger partial charge in [0.25, 0.3) is 0 Å². The Morgan fingerprint density at radius 1 is 1.04 bits per heavy atom. The molecular weight excluding hydrogens is 296 g/mol. The lowest BCUT2D eigenvalue weighted by Crippen LogP contribution is -2.29. The molecule has 0 fully saturated rings. The third kappa shape index (κ3) is 3.39. The highest BCUT2D eigenvalue weighted by Crippen LogP contribution is 2.20. The van der Waals surface area contributed by atoms with Crippen LogP contribution in [-0.2, 0) is 19.5 Å². The van der Waals surface area contributed by atoms with Gasteiger partial charge in [0.05, 0.1) is 0 Å². The van der Waals surface area contributed by atoms with E-state index in [4.69, 9.17) is 0 Å². The molecule has 0 radical (unpaired) electrons. The van der Waals surface area contributed by atoms with Crippen molar-refractivity contribution in [1.82, 2.24) is 20.1 Å². The van der Waals surface area contributed by atoms with Gasteiger partial charge in [-0.1, -0.05) is 48.5 Å². The van der Waals surface area contributed by atoms with E-state index in [1.165, 1.54) is 23.1 Å². The molecular formula is C20H22N4. The molecule has 2 aromatic carbocycles. The summed E-state index contributed by atoms with van der Waals surface area (Å²) in [5, 5.41) is 11.8. The van der Waals surface area contributed by atoms with Crippen LogP contribution >= 0.6 is 0 Å². The van der Waals surface area contributed by atoms with Crippen LogP contribution in [0.5, 0.6) is 0 Å². The summed E-state index contributed by atoms with van der Waals surface area (Å²) < 4.78 is 2.19. The molecule has 0 saturated heterocycles. The van der Waals surface area contributed by atoms with Crippen molar-refractivity contribution in [2.45, 2.75) is 25.9 Å². The van der Waals surface area contributed by atoms with E-state index in [1.54, 1.807) is 0 Å². The van der Waals surface area contributed by atoms with E-state index in [-0.39, 0.29) is 0 Å². The molecule has 1 N–H and O–H groups in total. The summed E-state index contributed by atoms with van der Waals surface area (Å²) in [5.74, 6) is 1.78. The normalized spacial score (nSPS) is 16.8. The van der Waals surface area contributed by atoms with Gasteiger partial charge in [0.15, 0.2) is 0 Å². The van der Waals surface area contributed by atoms with E-state index >= 15 is 0 Å². The standard InChI is InChI=1S/C20H22N4/c1-2-6-18(7-3-1)19-8-4-5-16(11-19)12-21-13-17-9-10-20-23-22-15-24(20)14-17/h1-8,11,15,17,21H,9-10,12-14H2/t17-/m1/s1. The van der Waals surface area contributed by atoms with Gasteiger partial charge >= 0.3 is 0 Å². The lowest BCUT2D eigenvalue weighted by atomic mass is 9.99. The van der Waals surface area contributed by atoms with Crippen molar-refractivity contribution in [2.24, 2.45) is 5.92 Å². The quantitative estimate of drug-likeness (QED) is 0.785. The summed E-state index contributed by atoms with van der Waals surface area (Å²) >= 11 is 0. The zero-order valence-corrected chi connectivity index (χ0v) is 13.7.